The lowest BCUT2D eigenvalue weighted by atomic mass is 10.2. The van der Waals surface area contributed by atoms with Gasteiger partial charge in [-0.05, 0) is 12.1 Å². The van der Waals surface area contributed by atoms with Gasteiger partial charge in [0.2, 0.25) is 5.82 Å². The average Bonchev–Trinajstić information content (AvgIpc) is 3.13. The number of rotatable bonds is 3. The van der Waals surface area contributed by atoms with Gasteiger partial charge in [0.1, 0.15) is 11.9 Å². The summed E-state index contributed by atoms with van der Waals surface area (Å²) in [6.07, 6.45) is -1.98. The molecule has 0 saturated heterocycles. The summed E-state index contributed by atoms with van der Waals surface area (Å²) in [5, 5.41) is 15.6. The van der Waals surface area contributed by atoms with Crippen LogP contribution >= 0.6 is 0 Å². The SMILES string of the molecule is O=C(NCc1nnc2c(C(F)(F)F)cccn12)c1ncn[nH]1. The third-order valence-electron chi connectivity index (χ3n) is 2.85. The quantitative estimate of drug-likeness (QED) is 0.745. The highest BCUT2D eigenvalue weighted by molar-refractivity contribution is 5.90. The molecule has 3 aromatic rings. The molecule has 8 nitrogen and oxygen atoms in total. The van der Waals surface area contributed by atoms with Crippen molar-refractivity contribution in [1.82, 2.24) is 35.1 Å². The van der Waals surface area contributed by atoms with E-state index < -0.39 is 17.6 Å². The van der Waals surface area contributed by atoms with Crippen molar-refractivity contribution in [3.63, 3.8) is 0 Å². The summed E-state index contributed by atoms with van der Waals surface area (Å²) in [6, 6.07) is 2.15. The van der Waals surface area contributed by atoms with E-state index in [0.29, 0.717) is 0 Å². The van der Waals surface area contributed by atoms with Crippen LogP contribution in [-0.4, -0.2) is 35.7 Å². The Morgan fingerprint density at radius 1 is 1.36 bits per heavy atom. The van der Waals surface area contributed by atoms with E-state index in [0.717, 1.165) is 12.4 Å². The number of nitrogens with zero attached hydrogens (tertiary/aromatic N) is 5. The third-order valence-corrected chi connectivity index (χ3v) is 2.85. The van der Waals surface area contributed by atoms with E-state index >= 15 is 0 Å². The van der Waals surface area contributed by atoms with Crippen molar-refractivity contribution in [1.29, 1.82) is 0 Å². The predicted octanol–water partition coefficient (Wildman–Crippen LogP) is 0.796. The highest BCUT2D eigenvalue weighted by Crippen LogP contribution is 2.31. The molecule has 2 N–H and O–H groups in total. The van der Waals surface area contributed by atoms with Crippen molar-refractivity contribution in [2.75, 3.05) is 0 Å². The molecule has 0 atom stereocenters. The maximum Gasteiger partial charge on any atom is 0.420 e. The van der Waals surface area contributed by atoms with Crippen molar-refractivity contribution in [2.45, 2.75) is 12.7 Å². The maximum absolute atomic E-state index is 12.9. The Kier molecular flexibility index (Phi) is 3.23. The van der Waals surface area contributed by atoms with Crippen molar-refractivity contribution in [2.24, 2.45) is 0 Å². The predicted molar refractivity (Wildman–Crippen MR) is 65.5 cm³/mol. The minimum Gasteiger partial charge on any atom is -0.342 e. The molecule has 0 unspecified atom stereocenters. The normalized spacial score (nSPS) is 11.8. The van der Waals surface area contributed by atoms with Crippen LogP contribution < -0.4 is 5.32 Å². The van der Waals surface area contributed by atoms with Gasteiger partial charge < -0.3 is 5.32 Å². The van der Waals surface area contributed by atoms with Crippen LogP contribution in [0.4, 0.5) is 13.2 Å². The standard InChI is InChI=1S/C11H8F3N7O/c12-11(13,14)6-2-1-3-21-7(18-20-9(6)21)4-15-10(22)8-16-5-17-19-8/h1-3,5H,4H2,(H,15,22)(H,16,17,19). The first-order valence-corrected chi connectivity index (χ1v) is 6.00. The molecule has 1 amide bonds. The van der Waals surface area contributed by atoms with Crippen LogP contribution in [0.1, 0.15) is 22.0 Å². The van der Waals surface area contributed by atoms with Crippen LogP contribution in [0, 0.1) is 0 Å². The number of aromatic amines is 1. The number of hydrogen-bond donors (Lipinski definition) is 2. The highest BCUT2D eigenvalue weighted by Gasteiger charge is 2.34. The zero-order valence-electron chi connectivity index (χ0n) is 10.8. The Balaban J connectivity index is 1.85. The van der Waals surface area contributed by atoms with Crippen molar-refractivity contribution >= 4 is 11.6 Å². The van der Waals surface area contributed by atoms with Gasteiger partial charge in [-0.15, -0.1) is 10.2 Å². The molecular weight excluding hydrogens is 303 g/mol. The number of carbonyl (C=O) groups excluding carboxylic acids is 1. The van der Waals surface area contributed by atoms with Gasteiger partial charge in [0.25, 0.3) is 5.91 Å². The molecule has 22 heavy (non-hydrogen) atoms. The Morgan fingerprint density at radius 2 is 2.18 bits per heavy atom. The van der Waals surface area contributed by atoms with Gasteiger partial charge in [-0.3, -0.25) is 14.3 Å². The number of aromatic nitrogens is 6. The minimum atomic E-state index is -4.53. The molecule has 0 aromatic carbocycles. The lowest BCUT2D eigenvalue weighted by Crippen LogP contribution is -2.25. The second-order valence-electron chi connectivity index (χ2n) is 4.25. The largest absolute Gasteiger partial charge is 0.420 e. The first-order chi connectivity index (χ1) is 10.5. The smallest absolute Gasteiger partial charge is 0.342 e. The number of halogens is 3. The summed E-state index contributed by atoms with van der Waals surface area (Å²) in [4.78, 5) is 15.3. The monoisotopic (exact) mass is 311 g/mol. The zero-order valence-corrected chi connectivity index (χ0v) is 10.8. The number of amides is 1. The van der Waals surface area contributed by atoms with Gasteiger partial charge in [-0.25, -0.2) is 4.98 Å². The molecular formula is C11H8F3N7O. The molecule has 3 heterocycles. The van der Waals surface area contributed by atoms with E-state index in [4.69, 9.17) is 0 Å². The van der Waals surface area contributed by atoms with Crippen molar-refractivity contribution < 1.29 is 18.0 Å². The van der Waals surface area contributed by atoms with Gasteiger partial charge in [0.15, 0.2) is 11.5 Å². The van der Waals surface area contributed by atoms with Crippen LogP contribution in [0.5, 0.6) is 0 Å². The van der Waals surface area contributed by atoms with Crippen LogP contribution in [0.25, 0.3) is 5.65 Å². The summed E-state index contributed by atoms with van der Waals surface area (Å²) in [5.41, 5.74) is -1.21. The summed E-state index contributed by atoms with van der Waals surface area (Å²) in [6.45, 7) is -0.109. The summed E-state index contributed by atoms with van der Waals surface area (Å²) in [7, 11) is 0. The van der Waals surface area contributed by atoms with Gasteiger partial charge in [-0.1, -0.05) is 0 Å². The molecule has 0 aliphatic carbocycles. The molecule has 11 heteroatoms. The molecule has 0 aliphatic rings. The Hall–Kier alpha value is -2.98. The first kappa shape index (κ1) is 14.0. The summed E-state index contributed by atoms with van der Waals surface area (Å²) in [5.74, 6) is -0.403. The van der Waals surface area contributed by atoms with E-state index in [1.165, 1.54) is 16.7 Å². The topological polar surface area (TPSA) is 101 Å². The van der Waals surface area contributed by atoms with Gasteiger partial charge >= 0.3 is 6.18 Å². The molecule has 0 saturated carbocycles. The molecule has 114 valence electrons. The summed E-state index contributed by atoms with van der Waals surface area (Å²) < 4.78 is 39.7. The number of pyridine rings is 1. The molecule has 0 aliphatic heterocycles. The van der Waals surface area contributed by atoms with E-state index in [1.807, 2.05) is 0 Å². The van der Waals surface area contributed by atoms with Gasteiger partial charge in [-0.2, -0.15) is 18.3 Å². The van der Waals surface area contributed by atoms with Crippen LogP contribution in [0.15, 0.2) is 24.7 Å². The molecule has 3 aromatic heterocycles. The fourth-order valence-electron chi connectivity index (χ4n) is 1.86. The molecule has 0 spiro atoms. The lowest BCUT2D eigenvalue weighted by molar-refractivity contribution is -0.136. The average molecular weight is 311 g/mol. The number of hydrogen-bond acceptors (Lipinski definition) is 5. The molecule has 3 rings (SSSR count). The fourth-order valence-corrected chi connectivity index (χ4v) is 1.86. The van der Waals surface area contributed by atoms with E-state index in [2.05, 4.69) is 30.7 Å². The number of carbonyl (C=O) groups is 1. The third kappa shape index (κ3) is 2.47. The Bertz CT molecular complexity index is 809. The summed E-state index contributed by atoms with van der Waals surface area (Å²) >= 11 is 0. The van der Waals surface area contributed by atoms with E-state index in [9.17, 15) is 18.0 Å². The molecule has 0 radical (unpaired) electrons. The maximum atomic E-state index is 12.9. The number of fused-ring (bicyclic) bond motifs is 1. The van der Waals surface area contributed by atoms with Crippen molar-refractivity contribution in [3.05, 3.63) is 41.9 Å². The number of alkyl halides is 3. The van der Waals surface area contributed by atoms with Crippen LogP contribution in [0.2, 0.25) is 0 Å². The molecule has 0 bridgehead atoms. The van der Waals surface area contributed by atoms with Crippen LogP contribution in [-0.2, 0) is 12.7 Å². The lowest BCUT2D eigenvalue weighted by Gasteiger charge is -2.07. The van der Waals surface area contributed by atoms with E-state index in [1.54, 1.807) is 0 Å². The number of H-pyrrole nitrogens is 1. The fraction of sp³-hybridized carbons (Fsp3) is 0.182. The van der Waals surface area contributed by atoms with Gasteiger partial charge in [0.05, 0.1) is 6.54 Å². The van der Waals surface area contributed by atoms with Crippen molar-refractivity contribution in [3.8, 4) is 0 Å². The Morgan fingerprint density at radius 3 is 2.86 bits per heavy atom. The second-order valence-corrected chi connectivity index (χ2v) is 4.25. The Labute approximate surface area is 120 Å². The second kappa shape index (κ2) is 5.09. The minimum absolute atomic E-state index is 0.00944. The first-order valence-electron chi connectivity index (χ1n) is 6.00. The zero-order chi connectivity index (χ0) is 15.7. The van der Waals surface area contributed by atoms with Gasteiger partial charge in [0, 0.05) is 6.20 Å². The highest BCUT2D eigenvalue weighted by atomic mass is 19.4. The van der Waals surface area contributed by atoms with E-state index in [-0.39, 0.29) is 23.8 Å². The number of nitrogens with one attached hydrogen (secondary N) is 2. The van der Waals surface area contributed by atoms with Crippen LogP contribution in [0.3, 0.4) is 0 Å². The molecule has 0 fully saturated rings.